The van der Waals surface area contributed by atoms with E-state index >= 15 is 0 Å². The van der Waals surface area contributed by atoms with Gasteiger partial charge >= 0.3 is 5.97 Å². The highest BCUT2D eigenvalue weighted by Gasteiger charge is 2.27. The second-order valence-corrected chi connectivity index (χ2v) is 8.73. The maximum absolute atomic E-state index is 13.4. The number of carbonyl (C=O) groups excluding carboxylic acids is 2. The molecular weight excluding hydrogens is 444 g/mol. The van der Waals surface area contributed by atoms with Gasteiger partial charge in [-0.3, -0.25) is 9.10 Å². The summed E-state index contributed by atoms with van der Waals surface area (Å²) in [6, 6.07) is 20.6. The Kier molecular flexibility index (Phi) is 7.68. The van der Waals surface area contributed by atoms with Crippen LogP contribution in [-0.4, -0.2) is 40.6 Å². The van der Waals surface area contributed by atoms with Gasteiger partial charge in [0.25, 0.3) is 10.0 Å². The van der Waals surface area contributed by atoms with Crippen LogP contribution in [0.25, 0.3) is 0 Å². The van der Waals surface area contributed by atoms with Crippen molar-refractivity contribution in [2.24, 2.45) is 0 Å². The Bertz CT molecular complexity index is 1210. The summed E-state index contributed by atoms with van der Waals surface area (Å²) in [4.78, 5) is 24.6. The molecule has 9 heteroatoms. The summed E-state index contributed by atoms with van der Waals surface area (Å²) in [6.45, 7) is 1.82. The predicted molar refractivity (Wildman–Crippen MR) is 125 cm³/mol. The SMILES string of the molecule is CCOc1ccc(S(=O)(=O)N(CC(=O)Nc2cccc(C(=O)OC)c2)c2ccccc2)cc1. The molecule has 0 spiro atoms. The van der Waals surface area contributed by atoms with E-state index in [1.807, 2.05) is 6.92 Å². The van der Waals surface area contributed by atoms with Crippen molar-refractivity contribution in [1.29, 1.82) is 0 Å². The molecule has 0 unspecified atom stereocenters. The molecule has 0 saturated carbocycles. The molecule has 0 saturated heterocycles. The van der Waals surface area contributed by atoms with Crippen LogP contribution in [0.3, 0.4) is 0 Å². The van der Waals surface area contributed by atoms with Crippen LogP contribution in [-0.2, 0) is 19.6 Å². The second kappa shape index (κ2) is 10.6. The summed E-state index contributed by atoms with van der Waals surface area (Å²) >= 11 is 0. The molecule has 0 aromatic heterocycles. The van der Waals surface area contributed by atoms with Crippen molar-refractivity contribution in [1.82, 2.24) is 0 Å². The fourth-order valence-corrected chi connectivity index (χ4v) is 4.50. The third-order valence-electron chi connectivity index (χ3n) is 4.62. The summed E-state index contributed by atoms with van der Waals surface area (Å²) < 4.78 is 37.9. The maximum atomic E-state index is 13.4. The largest absolute Gasteiger partial charge is 0.494 e. The number of anilines is 2. The Morgan fingerprint density at radius 3 is 2.27 bits per heavy atom. The number of hydrogen-bond acceptors (Lipinski definition) is 6. The molecule has 0 heterocycles. The Labute approximate surface area is 192 Å². The van der Waals surface area contributed by atoms with E-state index in [-0.39, 0.29) is 10.5 Å². The van der Waals surface area contributed by atoms with Crippen molar-refractivity contribution >= 4 is 33.3 Å². The zero-order chi connectivity index (χ0) is 23.8. The van der Waals surface area contributed by atoms with Gasteiger partial charge in [0.15, 0.2) is 0 Å². The highest BCUT2D eigenvalue weighted by molar-refractivity contribution is 7.92. The predicted octanol–water partition coefficient (Wildman–Crippen LogP) is 3.71. The van der Waals surface area contributed by atoms with Crippen LogP contribution in [0.15, 0.2) is 83.8 Å². The van der Waals surface area contributed by atoms with Crippen molar-refractivity contribution in [3.63, 3.8) is 0 Å². The lowest BCUT2D eigenvalue weighted by atomic mass is 10.2. The molecule has 0 atom stereocenters. The number of nitrogens with zero attached hydrogens (tertiary/aromatic N) is 1. The van der Waals surface area contributed by atoms with Crippen molar-refractivity contribution in [2.45, 2.75) is 11.8 Å². The van der Waals surface area contributed by atoms with E-state index in [1.165, 1.54) is 25.3 Å². The summed E-state index contributed by atoms with van der Waals surface area (Å²) in [6.07, 6.45) is 0. The van der Waals surface area contributed by atoms with Crippen LogP contribution in [0.2, 0.25) is 0 Å². The Balaban J connectivity index is 1.87. The summed E-state index contributed by atoms with van der Waals surface area (Å²) in [7, 11) is -2.79. The smallest absolute Gasteiger partial charge is 0.337 e. The molecule has 0 aliphatic heterocycles. The molecule has 172 valence electrons. The van der Waals surface area contributed by atoms with Gasteiger partial charge in [-0.1, -0.05) is 24.3 Å². The monoisotopic (exact) mass is 468 g/mol. The summed E-state index contributed by atoms with van der Waals surface area (Å²) in [5, 5.41) is 2.64. The zero-order valence-corrected chi connectivity index (χ0v) is 19.0. The number of esters is 1. The van der Waals surface area contributed by atoms with Gasteiger partial charge in [-0.25, -0.2) is 13.2 Å². The van der Waals surface area contributed by atoms with E-state index in [2.05, 4.69) is 10.1 Å². The van der Waals surface area contributed by atoms with Gasteiger partial charge in [0.1, 0.15) is 12.3 Å². The minimum absolute atomic E-state index is 0.0234. The number of hydrogen-bond donors (Lipinski definition) is 1. The minimum Gasteiger partial charge on any atom is -0.494 e. The molecule has 0 aliphatic carbocycles. The highest BCUT2D eigenvalue weighted by Crippen LogP contribution is 2.25. The number of rotatable bonds is 9. The number of methoxy groups -OCH3 is 1. The van der Waals surface area contributed by atoms with Gasteiger partial charge in [0, 0.05) is 5.69 Å². The van der Waals surface area contributed by atoms with Gasteiger partial charge in [-0.05, 0) is 61.5 Å². The van der Waals surface area contributed by atoms with Gasteiger partial charge in [-0.15, -0.1) is 0 Å². The molecule has 1 amide bonds. The maximum Gasteiger partial charge on any atom is 0.337 e. The lowest BCUT2D eigenvalue weighted by Gasteiger charge is -2.24. The van der Waals surface area contributed by atoms with E-state index in [1.54, 1.807) is 60.7 Å². The van der Waals surface area contributed by atoms with Crippen LogP contribution < -0.4 is 14.4 Å². The second-order valence-electron chi connectivity index (χ2n) is 6.87. The summed E-state index contributed by atoms with van der Waals surface area (Å²) in [5.41, 5.74) is 0.941. The van der Waals surface area contributed by atoms with E-state index in [0.717, 1.165) is 4.31 Å². The number of ether oxygens (including phenoxy) is 2. The minimum atomic E-state index is -4.06. The van der Waals surface area contributed by atoms with Crippen molar-refractivity contribution in [3.05, 3.63) is 84.4 Å². The molecule has 0 radical (unpaired) electrons. The Morgan fingerprint density at radius 2 is 1.64 bits per heavy atom. The van der Waals surface area contributed by atoms with Gasteiger partial charge < -0.3 is 14.8 Å². The van der Waals surface area contributed by atoms with E-state index < -0.39 is 28.4 Å². The molecule has 1 N–H and O–H groups in total. The lowest BCUT2D eigenvalue weighted by molar-refractivity contribution is -0.114. The van der Waals surface area contributed by atoms with Crippen LogP contribution in [0, 0.1) is 0 Å². The molecule has 3 aromatic carbocycles. The lowest BCUT2D eigenvalue weighted by Crippen LogP contribution is -2.38. The first-order valence-corrected chi connectivity index (χ1v) is 11.6. The van der Waals surface area contributed by atoms with Gasteiger partial charge in [0.05, 0.1) is 29.9 Å². The average molecular weight is 469 g/mol. The zero-order valence-electron chi connectivity index (χ0n) is 18.2. The van der Waals surface area contributed by atoms with Gasteiger partial charge in [-0.2, -0.15) is 0 Å². The molecule has 0 fully saturated rings. The number of nitrogens with one attached hydrogen (secondary N) is 1. The standard InChI is InChI=1S/C24H24N2O6S/c1-3-32-21-12-14-22(15-13-21)33(29,30)26(20-10-5-4-6-11-20)17-23(27)25-19-9-7-8-18(16-19)24(28)31-2/h4-16H,3,17H2,1-2H3,(H,25,27). The first-order valence-electron chi connectivity index (χ1n) is 10.1. The Morgan fingerprint density at radius 1 is 0.939 bits per heavy atom. The van der Waals surface area contributed by atoms with Gasteiger partial charge in [0.2, 0.25) is 5.91 Å². The number of carbonyl (C=O) groups is 2. The van der Waals surface area contributed by atoms with Crippen LogP contribution in [0.1, 0.15) is 17.3 Å². The highest BCUT2D eigenvalue weighted by atomic mass is 32.2. The first-order chi connectivity index (χ1) is 15.8. The fraction of sp³-hybridized carbons (Fsp3) is 0.167. The Hall–Kier alpha value is -3.85. The van der Waals surface area contributed by atoms with Crippen LogP contribution in [0.5, 0.6) is 5.75 Å². The molecule has 3 rings (SSSR count). The molecule has 3 aromatic rings. The van der Waals surface area contributed by atoms with Crippen molar-refractivity contribution < 1.29 is 27.5 Å². The number of para-hydroxylation sites is 1. The van der Waals surface area contributed by atoms with Crippen molar-refractivity contribution in [2.75, 3.05) is 29.9 Å². The van der Waals surface area contributed by atoms with E-state index in [0.29, 0.717) is 23.7 Å². The third kappa shape index (κ3) is 5.89. The van der Waals surface area contributed by atoms with Crippen molar-refractivity contribution in [3.8, 4) is 5.75 Å². The number of benzene rings is 3. The van der Waals surface area contributed by atoms with E-state index in [4.69, 9.17) is 4.74 Å². The normalized spacial score (nSPS) is 10.8. The molecular formula is C24H24N2O6S. The molecule has 0 aliphatic rings. The summed E-state index contributed by atoms with van der Waals surface area (Å²) in [5.74, 6) is -0.573. The van der Waals surface area contributed by atoms with Crippen LogP contribution >= 0.6 is 0 Å². The quantitative estimate of drug-likeness (QED) is 0.481. The molecule has 33 heavy (non-hydrogen) atoms. The number of amides is 1. The fourth-order valence-electron chi connectivity index (χ4n) is 3.08. The first kappa shape index (κ1) is 23.8. The average Bonchev–Trinajstić information content (AvgIpc) is 2.83. The third-order valence-corrected chi connectivity index (χ3v) is 6.41. The molecule has 0 bridgehead atoms. The topological polar surface area (TPSA) is 102 Å². The van der Waals surface area contributed by atoms with Crippen LogP contribution in [0.4, 0.5) is 11.4 Å². The number of sulfonamides is 1. The molecule has 8 nitrogen and oxygen atoms in total. The van der Waals surface area contributed by atoms with E-state index in [9.17, 15) is 18.0 Å².